The van der Waals surface area contributed by atoms with Crippen molar-refractivity contribution in [2.75, 3.05) is 46.2 Å². The number of nitrogens with zero attached hydrogens (tertiary/aromatic N) is 1. The van der Waals surface area contributed by atoms with Crippen LogP contribution in [0.1, 0.15) is 58.4 Å². The van der Waals surface area contributed by atoms with Crippen molar-refractivity contribution < 1.29 is 51.5 Å². The first-order valence-electron chi connectivity index (χ1n) is 17.8. The van der Waals surface area contributed by atoms with E-state index in [4.69, 9.17) is 28.4 Å². The molecule has 0 spiro atoms. The second-order valence-electron chi connectivity index (χ2n) is 13.5. The molecule has 3 heterocycles. The topological polar surface area (TPSA) is 171 Å². The Hall–Kier alpha value is -3.63. The highest BCUT2D eigenvalue weighted by Gasteiger charge is 2.44. The van der Waals surface area contributed by atoms with E-state index in [9.17, 15) is 23.1 Å². The zero-order valence-electron chi connectivity index (χ0n) is 29.6. The van der Waals surface area contributed by atoms with Crippen LogP contribution in [0.4, 0.5) is 4.79 Å². The molecule has 0 aliphatic carbocycles. The Bertz CT molecular complexity index is 1560. The lowest BCUT2D eigenvalue weighted by atomic mass is 10.0. The van der Waals surface area contributed by atoms with Gasteiger partial charge in [0.15, 0.2) is 17.8 Å². The molecule has 2 saturated heterocycles. The SMILES string of the molecule is CCCCNC(=O)CCCOc1ccc(C[C@H](NC(=O)O[C@@H]2CO[C@H]3OCC[C@H]32)[C@H](O)CN(CC(C)C)S(=O)(=O)c2ccc3c(c2)OCO3)cc1. The molecule has 51 heavy (non-hydrogen) atoms. The molecule has 3 N–H and O–H groups in total. The minimum Gasteiger partial charge on any atom is -0.494 e. The average Bonchev–Trinajstić information content (AvgIpc) is 3.85. The molecule has 282 valence electrons. The van der Waals surface area contributed by atoms with Gasteiger partial charge in [-0.25, -0.2) is 13.2 Å². The highest BCUT2D eigenvalue weighted by atomic mass is 32.2. The van der Waals surface area contributed by atoms with Crippen molar-refractivity contribution in [3.63, 3.8) is 0 Å². The molecular formula is C36H51N3O11S. The molecule has 0 bridgehead atoms. The molecule has 3 aliphatic rings. The third kappa shape index (κ3) is 10.7. The van der Waals surface area contributed by atoms with Crippen LogP contribution in [0.5, 0.6) is 17.2 Å². The molecule has 5 rings (SSSR count). The van der Waals surface area contributed by atoms with Gasteiger partial charge >= 0.3 is 6.09 Å². The number of aliphatic hydroxyl groups excluding tert-OH is 1. The lowest BCUT2D eigenvalue weighted by Crippen LogP contribution is -2.51. The number of carbonyl (C=O) groups is 2. The normalized spacial score (nSPS) is 20.6. The van der Waals surface area contributed by atoms with Gasteiger partial charge in [0.25, 0.3) is 0 Å². The fraction of sp³-hybridized carbons (Fsp3) is 0.611. The van der Waals surface area contributed by atoms with Crippen LogP contribution in [0.15, 0.2) is 47.4 Å². The van der Waals surface area contributed by atoms with Crippen LogP contribution >= 0.6 is 0 Å². The number of amides is 2. The fourth-order valence-electron chi connectivity index (χ4n) is 6.25. The molecule has 2 aromatic carbocycles. The fourth-order valence-corrected chi connectivity index (χ4v) is 7.88. The lowest BCUT2D eigenvalue weighted by molar-refractivity contribution is -0.121. The number of benzene rings is 2. The quantitative estimate of drug-likeness (QED) is 0.180. The number of sulfonamides is 1. The monoisotopic (exact) mass is 733 g/mol. The van der Waals surface area contributed by atoms with Crippen molar-refractivity contribution in [3.8, 4) is 17.2 Å². The maximum Gasteiger partial charge on any atom is 0.407 e. The minimum absolute atomic E-state index is 0.00311. The summed E-state index contributed by atoms with van der Waals surface area (Å²) in [4.78, 5) is 25.2. The van der Waals surface area contributed by atoms with Crippen molar-refractivity contribution in [1.29, 1.82) is 0 Å². The van der Waals surface area contributed by atoms with E-state index in [1.54, 1.807) is 18.2 Å². The van der Waals surface area contributed by atoms with E-state index >= 15 is 0 Å². The van der Waals surface area contributed by atoms with Gasteiger partial charge in [-0.05, 0) is 61.4 Å². The third-order valence-corrected chi connectivity index (χ3v) is 10.8. The van der Waals surface area contributed by atoms with Crippen LogP contribution in [-0.4, -0.2) is 101 Å². The summed E-state index contributed by atoms with van der Waals surface area (Å²) in [6.45, 7) is 7.46. The Labute approximate surface area is 300 Å². The number of aliphatic hydroxyl groups is 1. The van der Waals surface area contributed by atoms with E-state index in [1.165, 1.54) is 16.4 Å². The van der Waals surface area contributed by atoms with Crippen LogP contribution < -0.4 is 24.8 Å². The standard InChI is InChI=1S/C36H51N3O11S/c1-4-5-15-37-34(41)7-6-16-45-26-10-8-25(9-11-26)18-29(38-36(42)50-33-22-47-35-28(33)14-17-46-35)30(40)21-39(20-24(2)3)51(43,44)27-12-13-31-32(19-27)49-23-48-31/h8-13,19,24,28-30,33,35,40H,4-7,14-18,20-23H2,1-3H3,(H,37,41)(H,38,42)/t28-,29-,30+,33+,35+/m0/s1. The smallest absolute Gasteiger partial charge is 0.407 e. The number of carbonyl (C=O) groups excluding carboxylic acids is 2. The van der Waals surface area contributed by atoms with Gasteiger partial charge in [0.2, 0.25) is 22.7 Å². The van der Waals surface area contributed by atoms with Crippen LogP contribution in [0, 0.1) is 11.8 Å². The maximum absolute atomic E-state index is 13.9. The van der Waals surface area contributed by atoms with E-state index in [2.05, 4.69) is 17.6 Å². The summed E-state index contributed by atoms with van der Waals surface area (Å²) in [5, 5.41) is 17.4. The molecule has 2 fully saturated rings. The van der Waals surface area contributed by atoms with Crippen LogP contribution in [0.2, 0.25) is 0 Å². The van der Waals surface area contributed by atoms with Gasteiger partial charge in [-0.15, -0.1) is 0 Å². The van der Waals surface area contributed by atoms with Crippen molar-refractivity contribution in [2.45, 2.75) is 88.7 Å². The highest BCUT2D eigenvalue weighted by molar-refractivity contribution is 7.89. The number of nitrogens with one attached hydrogen (secondary N) is 2. The Kier molecular flexibility index (Phi) is 13.8. The molecule has 5 atom stereocenters. The molecule has 3 aliphatic heterocycles. The van der Waals surface area contributed by atoms with E-state index in [-0.39, 0.29) is 55.5 Å². The van der Waals surface area contributed by atoms with Crippen molar-refractivity contribution in [1.82, 2.24) is 14.9 Å². The molecule has 15 heteroatoms. The van der Waals surface area contributed by atoms with Crippen molar-refractivity contribution in [3.05, 3.63) is 48.0 Å². The summed E-state index contributed by atoms with van der Waals surface area (Å²) in [6.07, 6.45) is 0.830. The number of fused-ring (bicyclic) bond motifs is 2. The van der Waals surface area contributed by atoms with Gasteiger partial charge < -0.3 is 44.2 Å². The molecule has 0 saturated carbocycles. The number of alkyl carbamates (subject to hydrolysis) is 1. The first-order valence-corrected chi connectivity index (χ1v) is 19.2. The minimum atomic E-state index is -4.08. The summed E-state index contributed by atoms with van der Waals surface area (Å²) in [6, 6.07) is 10.7. The molecule has 2 aromatic rings. The Morgan fingerprint density at radius 1 is 1.04 bits per heavy atom. The van der Waals surface area contributed by atoms with E-state index in [1.807, 2.05) is 26.0 Å². The van der Waals surface area contributed by atoms with Gasteiger partial charge in [-0.2, -0.15) is 4.31 Å². The second kappa shape index (κ2) is 18.2. The summed E-state index contributed by atoms with van der Waals surface area (Å²) >= 11 is 0. The van der Waals surface area contributed by atoms with E-state index < -0.39 is 40.7 Å². The number of hydrogen-bond donors (Lipinski definition) is 3. The maximum atomic E-state index is 13.9. The van der Waals surface area contributed by atoms with Crippen molar-refractivity contribution in [2.24, 2.45) is 11.8 Å². The predicted molar refractivity (Wildman–Crippen MR) is 186 cm³/mol. The second-order valence-corrected chi connectivity index (χ2v) is 15.5. The number of hydrogen-bond acceptors (Lipinski definition) is 11. The van der Waals surface area contributed by atoms with Gasteiger partial charge in [0.05, 0.1) is 42.8 Å². The van der Waals surface area contributed by atoms with Gasteiger partial charge in [0, 0.05) is 32.1 Å². The molecule has 0 unspecified atom stereocenters. The Morgan fingerprint density at radius 2 is 1.82 bits per heavy atom. The number of unbranched alkanes of at least 4 members (excludes halogenated alkanes) is 1. The highest BCUT2D eigenvalue weighted by Crippen LogP contribution is 2.35. The third-order valence-electron chi connectivity index (χ3n) is 9.00. The van der Waals surface area contributed by atoms with Gasteiger partial charge in [-0.1, -0.05) is 39.3 Å². The van der Waals surface area contributed by atoms with E-state index in [0.29, 0.717) is 56.3 Å². The van der Waals surface area contributed by atoms with Crippen LogP contribution in [0.3, 0.4) is 0 Å². The average molecular weight is 734 g/mol. The molecule has 14 nitrogen and oxygen atoms in total. The first kappa shape index (κ1) is 38.6. The largest absolute Gasteiger partial charge is 0.494 e. The molecular weight excluding hydrogens is 682 g/mol. The lowest BCUT2D eigenvalue weighted by Gasteiger charge is -2.31. The zero-order valence-corrected chi connectivity index (χ0v) is 30.4. The molecule has 2 amide bonds. The Morgan fingerprint density at radius 3 is 2.59 bits per heavy atom. The molecule has 0 aromatic heterocycles. The van der Waals surface area contributed by atoms with Gasteiger partial charge in [0.1, 0.15) is 11.9 Å². The van der Waals surface area contributed by atoms with Gasteiger partial charge in [-0.3, -0.25) is 4.79 Å². The Balaban J connectivity index is 1.26. The summed E-state index contributed by atoms with van der Waals surface area (Å²) < 4.78 is 62.6. The first-order chi connectivity index (χ1) is 24.5. The van der Waals surface area contributed by atoms with E-state index in [0.717, 1.165) is 18.4 Å². The van der Waals surface area contributed by atoms with Crippen LogP contribution in [0.25, 0.3) is 0 Å². The summed E-state index contributed by atoms with van der Waals surface area (Å²) in [7, 11) is -4.08. The molecule has 0 radical (unpaired) electrons. The summed E-state index contributed by atoms with van der Waals surface area (Å²) in [5.41, 5.74) is 0.768. The number of ether oxygens (including phenoxy) is 6. The van der Waals surface area contributed by atoms with Crippen LogP contribution in [-0.2, 0) is 35.4 Å². The summed E-state index contributed by atoms with van der Waals surface area (Å²) in [5.74, 6) is 1.26. The zero-order chi connectivity index (χ0) is 36.4. The number of rotatable bonds is 19. The van der Waals surface area contributed by atoms with Crippen molar-refractivity contribution >= 4 is 22.0 Å². The predicted octanol–water partition coefficient (Wildman–Crippen LogP) is 3.60.